The van der Waals surface area contributed by atoms with Crippen molar-refractivity contribution in [2.24, 2.45) is 0 Å². The lowest BCUT2D eigenvalue weighted by atomic mass is 10.2. The Balaban J connectivity index is 2.09. The standard InChI is InChI=1S/C14H13ClFNO2/c1-17(9-10-4-2-3-5-12(10)16)14(18)13-7-6-11(8-15)19-13/h2-7H,8-9H2,1H3. The van der Waals surface area contributed by atoms with Crippen molar-refractivity contribution in [1.29, 1.82) is 0 Å². The third-order valence-corrected chi connectivity index (χ3v) is 2.98. The number of nitrogens with zero attached hydrogens (tertiary/aromatic N) is 1. The SMILES string of the molecule is CN(Cc1ccccc1F)C(=O)c1ccc(CCl)o1. The van der Waals surface area contributed by atoms with Crippen molar-refractivity contribution in [2.75, 3.05) is 7.05 Å². The van der Waals surface area contributed by atoms with E-state index in [4.69, 9.17) is 16.0 Å². The fourth-order valence-electron chi connectivity index (χ4n) is 1.71. The van der Waals surface area contributed by atoms with Gasteiger partial charge in [-0.1, -0.05) is 18.2 Å². The summed E-state index contributed by atoms with van der Waals surface area (Å²) in [6.07, 6.45) is 0. The first-order valence-electron chi connectivity index (χ1n) is 5.75. The largest absolute Gasteiger partial charge is 0.455 e. The lowest BCUT2D eigenvalue weighted by molar-refractivity contribution is 0.0750. The van der Waals surface area contributed by atoms with E-state index in [0.29, 0.717) is 11.3 Å². The normalized spacial score (nSPS) is 10.5. The molecule has 1 amide bonds. The van der Waals surface area contributed by atoms with E-state index in [9.17, 15) is 9.18 Å². The van der Waals surface area contributed by atoms with Crippen LogP contribution in [0.15, 0.2) is 40.8 Å². The molecule has 5 heteroatoms. The first-order valence-corrected chi connectivity index (χ1v) is 6.29. The van der Waals surface area contributed by atoms with Gasteiger partial charge in [0.25, 0.3) is 5.91 Å². The molecule has 0 aliphatic carbocycles. The summed E-state index contributed by atoms with van der Waals surface area (Å²) in [4.78, 5) is 13.5. The highest BCUT2D eigenvalue weighted by molar-refractivity contribution is 6.16. The fourth-order valence-corrected chi connectivity index (χ4v) is 1.85. The van der Waals surface area contributed by atoms with E-state index in [-0.39, 0.29) is 29.9 Å². The van der Waals surface area contributed by atoms with E-state index in [1.54, 1.807) is 37.4 Å². The second-order valence-corrected chi connectivity index (χ2v) is 4.42. The molecule has 1 aromatic heterocycles. The highest BCUT2D eigenvalue weighted by Gasteiger charge is 2.17. The van der Waals surface area contributed by atoms with Crippen molar-refractivity contribution in [2.45, 2.75) is 12.4 Å². The Morgan fingerprint density at radius 1 is 1.32 bits per heavy atom. The molecule has 0 atom stereocenters. The molecule has 0 N–H and O–H groups in total. The molecule has 1 aromatic carbocycles. The second kappa shape index (κ2) is 5.89. The number of hydrogen-bond donors (Lipinski definition) is 0. The van der Waals surface area contributed by atoms with Gasteiger partial charge in [-0.05, 0) is 18.2 Å². The Morgan fingerprint density at radius 2 is 2.05 bits per heavy atom. The maximum absolute atomic E-state index is 13.5. The molecule has 19 heavy (non-hydrogen) atoms. The zero-order chi connectivity index (χ0) is 13.8. The average molecular weight is 282 g/mol. The van der Waals surface area contributed by atoms with Crippen molar-refractivity contribution in [3.8, 4) is 0 Å². The average Bonchev–Trinajstić information content (AvgIpc) is 2.89. The van der Waals surface area contributed by atoms with Gasteiger partial charge in [0.1, 0.15) is 11.6 Å². The number of rotatable bonds is 4. The van der Waals surface area contributed by atoms with E-state index in [0.717, 1.165) is 0 Å². The van der Waals surface area contributed by atoms with Gasteiger partial charge in [-0.25, -0.2) is 4.39 Å². The van der Waals surface area contributed by atoms with Crippen molar-refractivity contribution < 1.29 is 13.6 Å². The molecular weight excluding hydrogens is 269 g/mol. The maximum Gasteiger partial charge on any atom is 0.289 e. The Hall–Kier alpha value is -1.81. The molecule has 0 saturated heterocycles. The minimum absolute atomic E-state index is 0.183. The molecule has 2 aromatic rings. The maximum atomic E-state index is 13.5. The number of alkyl halides is 1. The molecule has 0 radical (unpaired) electrons. The Bertz CT molecular complexity index is 582. The molecule has 0 spiro atoms. The number of halogens is 2. The van der Waals surface area contributed by atoms with Crippen molar-refractivity contribution >= 4 is 17.5 Å². The zero-order valence-electron chi connectivity index (χ0n) is 10.4. The molecule has 3 nitrogen and oxygen atoms in total. The molecule has 100 valence electrons. The fraction of sp³-hybridized carbons (Fsp3) is 0.214. The summed E-state index contributed by atoms with van der Waals surface area (Å²) in [5.74, 6) is 0.311. The summed E-state index contributed by atoms with van der Waals surface area (Å²) in [5, 5.41) is 0. The predicted octanol–water partition coefficient (Wildman–Crippen LogP) is 3.43. The van der Waals surface area contributed by atoms with Gasteiger partial charge in [0.05, 0.1) is 5.88 Å². The van der Waals surface area contributed by atoms with Crippen molar-refractivity contribution in [3.05, 3.63) is 59.3 Å². The summed E-state index contributed by atoms with van der Waals surface area (Å²) in [6, 6.07) is 9.57. The van der Waals surface area contributed by atoms with Crippen LogP contribution in [-0.4, -0.2) is 17.9 Å². The van der Waals surface area contributed by atoms with Crippen LogP contribution in [0, 0.1) is 5.82 Å². The summed E-state index contributed by atoms with van der Waals surface area (Å²) in [6.45, 7) is 0.183. The molecule has 0 aliphatic heterocycles. The summed E-state index contributed by atoms with van der Waals surface area (Å²) in [5.41, 5.74) is 0.461. The van der Waals surface area contributed by atoms with E-state index >= 15 is 0 Å². The number of benzene rings is 1. The van der Waals surface area contributed by atoms with E-state index in [1.807, 2.05) is 0 Å². The van der Waals surface area contributed by atoms with Crippen molar-refractivity contribution in [3.63, 3.8) is 0 Å². The van der Waals surface area contributed by atoms with Crippen molar-refractivity contribution in [1.82, 2.24) is 4.90 Å². The van der Waals surface area contributed by atoms with Gasteiger partial charge in [0, 0.05) is 19.2 Å². The summed E-state index contributed by atoms with van der Waals surface area (Å²) < 4.78 is 18.8. The monoisotopic (exact) mass is 281 g/mol. The lowest BCUT2D eigenvalue weighted by Crippen LogP contribution is -2.26. The highest BCUT2D eigenvalue weighted by atomic mass is 35.5. The molecule has 0 bridgehead atoms. The van der Waals surface area contributed by atoms with Crippen LogP contribution in [0.5, 0.6) is 0 Å². The van der Waals surface area contributed by atoms with Crippen LogP contribution in [0.1, 0.15) is 21.9 Å². The van der Waals surface area contributed by atoms with Crippen LogP contribution in [0.2, 0.25) is 0 Å². The predicted molar refractivity (Wildman–Crippen MR) is 70.5 cm³/mol. The highest BCUT2D eigenvalue weighted by Crippen LogP contribution is 2.14. The van der Waals surface area contributed by atoms with Gasteiger partial charge in [-0.2, -0.15) is 0 Å². The third-order valence-electron chi connectivity index (χ3n) is 2.72. The summed E-state index contributed by atoms with van der Waals surface area (Å²) >= 11 is 5.61. The molecular formula is C14H13ClFNO2. The van der Waals surface area contributed by atoms with Gasteiger partial charge < -0.3 is 9.32 Å². The zero-order valence-corrected chi connectivity index (χ0v) is 11.2. The van der Waals surface area contributed by atoms with Crippen LogP contribution < -0.4 is 0 Å². The molecule has 2 rings (SSSR count). The Kier molecular flexibility index (Phi) is 4.22. The van der Waals surface area contributed by atoms with Crippen LogP contribution in [-0.2, 0) is 12.4 Å². The quantitative estimate of drug-likeness (QED) is 0.805. The minimum atomic E-state index is -0.331. The second-order valence-electron chi connectivity index (χ2n) is 4.15. The molecule has 0 unspecified atom stereocenters. The van der Waals surface area contributed by atoms with Gasteiger partial charge >= 0.3 is 0 Å². The molecule has 0 aliphatic rings. The van der Waals surface area contributed by atoms with Crippen LogP contribution in [0.25, 0.3) is 0 Å². The number of carbonyl (C=O) groups is 1. The Labute approximate surface area is 115 Å². The number of carbonyl (C=O) groups excluding carboxylic acids is 1. The molecule has 1 heterocycles. The number of furan rings is 1. The van der Waals surface area contributed by atoms with Crippen LogP contribution in [0.4, 0.5) is 4.39 Å². The Morgan fingerprint density at radius 3 is 2.68 bits per heavy atom. The summed E-state index contributed by atoms with van der Waals surface area (Å²) in [7, 11) is 1.59. The van der Waals surface area contributed by atoms with E-state index in [2.05, 4.69) is 0 Å². The first-order chi connectivity index (χ1) is 9.11. The topological polar surface area (TPSA) is 33.5 Å². The molecule has 0 saturated carbocycles. The van der Waals surface area contributed by atoms with Gasteiger partial charge in [-0.3, -0.25) is 4.79 Å². The smallest absolute Gasteiger partial charge is 0.289 e. The van der Waals surface area contributed by atoms with Crippen LogP contribution >= 0.6 is 11.6 Å². The number of hydrogen-bond acceptors (Lipinski definition) is 2. The van der Waals surface area contributed by atoms with Gasteiger partial charge in [0.15, 0.2) is 5.76 Å². The van der Waals surface area contributed by atoms with E-state index in [1.165, 1.54) is 11.0 Å². The van der Waals surface area contributed by atoms with E-state index < -0.39 is 0 Å². The lowest BCUT2D eigenvalue weighted by Gasteiger charge is -2.16. The van der Waals surface area contributed by atoms with Gasteiger partial charge in [-0.15, -0.1) is 11.6 Å². The third kappa shape index (κ3) is 3.15. The van der Waals surface area contributed by atoms with Crippen LogP contribution in [0.3, 0.4) is 0 Å². The first kappa shape index (κ1) is 13.6. The number of amides is 1. The minimum Gasteiger partial charge on any atom is -0.455 e. The van der Waals surface area contributed by atoms with Gasteiger partial charge in [0.2, 0.25) is 0 Å². The molecule has 0 fully saturated rings.